The quantitative estimate of drug-likeness (QED) is 0.342. The van der Waals surface area contributed by atoms with Crippen molar-refractivity contribution in [2.75, 3.05) is 0 Å². The van der Waals surface area contributed by atoms with Crippen LogP contribution in [0.5, 0.6) is 0 Å². The summed E-state index contributed by atoms with van der Waals surface area (Å²) in [5, 5.41) is 0. The minimum absolute atomic E-state index is 0.273. The highest BCUT2D eigenvalue weighted by atomic mass is 16.1. The van der Waals surface area contributed by atoms with Crippen molar-refractivity contribution in [1.82, 2.24) is 0 Å². The fourth-order valence-corrected chi connectivity index (χ4v) is 0.591. The standard InChI is InChI=1S/C6H13N2O/c1-2-3-4-6(5-9)8-7/h5-6H,2-4,7H2,1H3/q-1/t6-/m0/s1. The predicted octanol–water partition coefficient (Wildman–Crippen LogP) is 0.992. The molecule has 3 heteroatoms. The van der Waals surface area contributed by atoms with E-state index in [1.54, 1.807) is 0 Å². The number of unbranched alkanes of at least 4 members (excludes halogenated alkanes) is 1. The number of aldehydes is 1. The summed E-state index contributed by atoms with van der Waals surface area (Å²) in [6, 6.07) is -0.273. The molecule has 0 bridgehead atoms. The number of nitrogens with two attached hydrogens (primary N) is 1. The molecule has 0 spiro atoms. The minimum Gasteiger partial charge on any atom is -0.591 e. The second kappa shape index (κ2) is 5.72. The van der Waals surface area contributed by atoms with Crippen molar-refractivity contribution in [3.8, 4) is 0 Å². The molecule has 0 saturated carbocycles. The molecular weight excluding hydrogens is 116 g/mol. The van der Waals surface area contributed by atoms with Gasteiger partial charge in [-0.05, 0) is 0 Å². The van der Waals surface area contributed by atoms with Crippen LogP contribution in [0, 0.1) is 0 Å². The van der Waals surface area contributed by atoms with E-state index in [1.165, 1.54) is 0 Å². The minimum atomic E-state index is -0.273. The van der Waals surface area contributed by atoms with Gasteiger partial charge in [0.15, 0.2) is 0 Å². The Bertz CT molecular complexity index is 75.5. The summed E-state index contributed by atoms with van der Waals surface area (Å²) in [5.74, 6) is 4.92. The third kappa shape index (κ3) is 4.12. The second-order valence-electron chi connectivity index (χ2n) is 1.99. The van der Waals surface area contributed by atoms with Crippen LogP contribution in [0.25, 0.3) is 5.43 Å². The third-order valence-corrected chi connectivity index (χ3v) is 1.20. The number of hydrogen-bond donors (Lipinski definition) is 1. The van der Waals surface area contributed by atoms with Gasteiger partial charge in [0.1, 0.15) is 6.29 Å². The van der Waals surface area contributed by atoms with E-state index in [9.17, 15) is 4.79 Å². The van der Waals surface area contributed by atoms with E-state index in [0.29, 0.717) is 0 Å². The Kier molecular flexibility index (Phi) is 5.46. The van der Waals surface area contributed by atoms with Crippen LogP contribution in [0.4, 0.5) is 0 Å². The van der Waals surface area contributed by atoms with Crippen LogP contribution in [-0.2, 0) is 4.79 Å². The van der Waals surface area contributed by atoms with Gasteiger partial charge in [0.2, 0.25) is 0 Å². The van der Waals surface area contributed by atoms with E-state index >= 15 is 0 Å². The van der Waals surface area contributed by atoms with Crippen LogP contribution in [-0.4, -0.2) is 12.3 Å². The molecule has 0 aliphatic rings. The molecule has 0 unspecified atom stereocenters. The van der Waals surface area contributed by atoms with Gasteiger partial charge in [-0.25, -0.2) is 0 Å². The molecule has 0 fully saturated rings. The van der Waals surface area contributed by atoms with E-state index in [0.717, 1.165) is 25.5 Å². The van der Waals surface area contributed by atoms with E-state index in [4.69, 9.17) is 5.84 Å². The number of rotatable bonds is 5. The second-order valence-corrected chi connectivity index (χ2v) is 1.99. The first-order valence-corrected chi connectivity index (χ1v) is 3.20. The van der Waals surface area contributed by atoms with E-state index in [2.05, 4.69) is 12.3 Å². The van der Waals surface area contributed by atoms with Crippen molar-refractivity contribution in [2.45, 2.75) is 32.2 Å². The SMILES string of the molecule is CCCC[C@@H](C=O)[N-]N. The molecule has 0 aliphatic carbocycles. The third-order valence-electron chi connectivity index (χ3n) is 1.20. The average molecular weight is 129 g/mol. The Balaban J connectivity index is 3.20. The molecule has 0 amide bonds. The summed E-state index contributed by atoms with van der Waals surface area (Å²) in [6.07, 6.45) is 3.68. The first-order valence-electron chi connectivity index (χ1n) is 3.20. The van der Waals surface area contributed by atoms with Gasteiger partial charge in [-0.1, -0.05) is 32.2 Å². The maximum atomic E-state index is 10.1. The van der Waals surface area contributed by atoms with Gasteiger partial charge in [-0.2, -0.15) is 0 Å². The van der Waals surface area contributed by atoms with Gasteiger partial charge < -0.3 is 16.1 Å². The highest BCUT2D eigenvalue weighted by Crippen LogP contribution is 2.02. The Hall–Kier alpha value is -0.410. The normalized spacial score (nSPS) is 13.1. The topological polar surface area (TPSA) is 57.2 Å². The maximum Gasteiger partial charge on any atom is 0.103 e. The lowest BCUT2D eigenvalue weighted by molar-refractivity contribution is -0.108. The summed E-state index contributed by atoms with van der Waals surface area (Å²) in [5.41, 5.74) is 3.38. The van der Waals surface area contributed by atoms with Gasteiger partial charge in [-0.3, -0.25) is 0 Å². The predicted molar refractivity (Wildman–Crippen MR) is 36.9 cm³/mol. The van der Waals surface area contributed by atoms with Gasteiger partial charge in [0.25, 0.3) is 0 Å². The highest BCUT2D eigenvalue weighted by Gasteiger charge is 1.91. The number of hydrogen-bond acceptors (Lipinski definition) is 2. The van der Waals surface area contributed by atoms with Crippen molar-refractivity contribution >= 4 is 6.29 Å². The number of nitrogens with zero attached hydrogens (tertiary/aromatic N) is 1. The van der Waals surface area contributed by atoms with Crippen molar-refractivity contribution in [2.24, 2.45) is 5.84 Å². The van der Waals surface area contributed by atoms with Crippen LogP contribution in [0.3, 0.4) is 0 Å². The number of carbonyl (C=O) groups is 1. The molecule has 0 radical (unpaired) electrons. The number of carbonyl (C=O) groups excluding carboxylic acids is 1. The molecule has 0 rings (SSSR count). The molecule has 0 aliphatic heterocycles. The highest BCUT2D eigenvalue weighted by molar-refractivity contribution is 5.60. The molecule has 3 nitrogen and oxygen atoms in total. The van der Waals surface area contributed by atoms with E-state index in [1.807, 2.05) is 0 Å². The van der Waals surface area contributed by atoms with Gasteiger partial charge in [0.05, 0.1) is 0 Å². The molecule has 0 aromatic rings. The molecule has 0 aromatic carbocycles. The van der Waals surface area contributed by atoms with Crippen molar-refractivity contribution in [1.29, 1.82) is 0 Å². The van der Waals surface area contributed by atoms with E-state index < -0.39 is 0 Å². The Morgan fingerprint density at radius 3 is 2.78 bits per heavy atom. The zero-order valence-corrected chi connectivity index (χ0v) is 5.71. The van der Waals surface area contributed by atoms with Gasteiger partial charge in [-0.15, -0.1) is 0 Å². The maximum absolute atomic E-state index is 10.1. The average Bonchev–Trinajstić information content (AvgIpc) is 1.91. The summed E-state index contributed by atoms with van der Waals surface area (Å²) in [7, 11) is 0. The first kappa shape index (κ1) is 8.59. The molecule has 0 heterocycles. The molecule has 1 atom stereocenters. The van der Waals surface area contributed by atoms with Crippen LogP contribution in [0.1, 0.15) is 26.2 Å². The largest absolute Gasteiger partial charge is 0.591 e. The zero-order chi connectivity index (χ0) is 7.11. The van der Waals surface area contributed by atoms with Crippen molar-refractivity contribution in [3.05, 3.63) is 5.43 Å². The smallest absolute Gasteiger partial charge is 0.103 e. The summed E-state index contributed by atoms with van der Waals surface area (Å²) >= 11 is 0. The molecule has 54 valence electrons. The Morgan fingerprint density at radius 1 is 1.78 bits per heavy atom. The Morgan fingerprint density at radius 2 is 2.44 bits per heavy atom. The molecule has 0 saturated heterocycles. The van der Waals surface area contributed by atoms with Crippen molar-refractivity contribution < 1.29 is 4.79 Å². The van der Waals surface area contributed by atoms with Crippen LogP contribution >= 0.6 is 0 Å². The molecule has 2 N–H and O–H groups in total. The summed E-state index contributed by atoms with van der Waals surface area (Å²) in [6.45, 7) is 2.07. The van der Waals surface area contributed by atoms with Gasteiger partial charge >= 0.3 is 0 Å². The lowest BCUT2D eigenvalue weighted by Gasteiger charge is -2.20. The molecule has 0 aromatic heterocycles. The van der Waals surface area contributed by atoms with Crippen LogP contribution < -0.4 is 5.84 Å². The zero-order valence-electron chi connectivity index (χ0n) is 5.71. The molecular formula is C6H13N2O-. The van der Waals surface area contributed by atoms with Crippen molar-refractivity contribution in [3.63, 3.8) is 0 Å². The lowest BCUT2D eigenvalue weighted by Crippen LogP contribution is -2.11. The Labute approximate surface area is 55.6 Å². The lowest BCUT2D eigenvalue weighted by atomic mass is 10.1. The van der Waals surface area contributed by atoms with Crippen LogP contribution in [0.2, 0.25) is 0 Å². The van der Waals surface area contributed by atoms with E-state index in [-0.39, 0.29) is 6.04 Å². The summed E-state index contributed by atoms with van der Waals surface area (Å²) in [4.78, 5) is 10.1. The first-order chi connectivity index (χ1) is 4.35. The molecule has 9 heavy (non-hydrogen) atoms. The fourth-order valence-electron chi connectivity index (χ4n) is 0.591. The van der Waals surface area contributed by atoms with Crippen LogP contribution in [0.15, 0.2) is 0 Å². The fraction of sp³-hybridized carbons (Fsp3) is 0.833. The summed E-state index contributed by atoms with van der Waals surface area (Å²) < 4.78 is 0. The monoisotopic (exact) mass is 129 g/mol. The van der Waals surface area contributed by atoms with Gasteiger partial charge in [0, 0.05) is 0 Å².